The number of benzene rings is 1. The van der Waals surface area contributed by atoms with Gasteiger partial charge in [0.05, 0.1) is 19.0 Å². The molecule has 1 aromatic carbocycles. The Morgan fingerprint density at radius 1 is 1.28 bits per heavy atom. The summed E-state index contributed by atoms with van der Waals surface area (Å²) in [5.74, 6) is 0.833. The van der Waals surface area contributed by atoms with E-state index in [1.165, 1.54) is 6.42 Å². The number of piperidine rings is 1. The third-order valence-electron chi connectivity index (χ3n) is 4.70. The minimum absolute atomic E-state index is 0.0412. The third-order valence-corrected chi connectivity index (χ3v) is 4.70. The highest BCUT2D eigenvalue weighted by atomic mass is 16.5. The molecule has 0 spiro atoms. The Morgan fingerprint density at radius 3 is 2.88 bits per heavy atom. The Balaban J connectivity index is 1.70. The van der Waals surface area contributed by atoms with Crippen molar-refractivity contribution in [3.63, 3.8) is 0 Å². The first-order valence-corrected chi connectivity index (χ1v) is 8.89. The highest BCUT2D eigenvalue weighted by molar-refractivity contribution is 5.92. The monoisotopic (exact) mass is 339 g/mol. The molecule has 2 aromatic rings. The number of methoxy groups -OCH3 is 1. The Kier molecular flexibility index (Phi) is 5.53. The van der Waals surface area contributed by atoms with Gasteiger partial charge in [-0.3, -0.25) is 4.79 Å². The highest BCUT2D eigenvalue weighted by Gasteiger charge is 2.26. The number of pyridine rings is 1. The average Bonchev–Trinajstić information content (AvgIpc) is 2.68. The number of likely N-dealkylation sites (tertiary alicyclic amines) is 1. The van der Waals surface area contributed by atoms with E-state index in [4.69, 9.17) is 4.74 Å². The Bertz CT molecular complexity index is 715. The Hall–Kier alpha value is -2.56. The van der Waals surface area contributed by atoms with E-state index in [2.05, 4.69) is 17.2 Å². The van der Waals surface area contributed by atoms with E-state index in [0.717, 1.165) is 42.9 Å². The first kappa shape index (κ1) is 17.3. The van der Waals surface area contributed by atoms with Crippen molar-refractivity contribution in [3.8, 4) is 5.75 Å². The Morgan fingerprint density at radius 2 is 2.16 bits per heavy atom. The summed E-state index contributed by atoms with van der Waals surface area (Å²) in [7, 11) is 1.64. The molecule has 1 amide bonds. The molecule has 1 aliphatic heterocycles. The quantitative estimate of drug-likeness (QED) is 0.885. The van der Waals surface area contributed by atoms with Gasteiger partial charge in [0.1, 0.15) is 11.4 Å². The van der Waals surface area contributed by atoms with Crippen LogP contribution in [0.15, 0.2) is 42.6 Å². The Labute approximate surface area is 149 Å². The van der Waals surface area contributed by atoms with Gasteiger partial charge in [-0.1, -0.05) is 13.0 Å². The number of aromatic nitrogens is 1. The van der Waals surface area contributed by atoms with Crippen molar-refractivity contribution in [2.75, 3.05) is 19.0 Å². The maximum atomic E-state index is 12.7. The van der Waals surface area contributed by atoms with Crippen LogP contribution in [0.2, 0.25) is 0 Å². The zero-order valence-electron chi connectivity index (χ0n) is 14.9. The summed E-state index contributed by atoms with van der Waals surface area (Å²) in [5.41, 5.74) is 2.27. The molecule has 1 aliphatic rings. The average molecular weight is 339 g/mol. The van der Waals surface area contributed by atoms with Crippen LogP contribution in [0, 0.1) is 0 Å². The molecular formula is C20H25N3O2. The predicted octanol–water partition coefficient (Wildman–Crippen LogP) is 4.24. The molecule has 1 N–H and O–H groups in total. The molecule has 1 saturated heterocycles. The number of hydrogen-bond donors (Lipinski definition) is 1. The minimum atomic E-state index is 0.0412. The molecule has 1 fully saturated rings. The number of nitrogens with zero attached hydrogens (tertiary/aromatic N) is 2. The van der Waals surface area contributed by atoms with E-state index in [-0.39, 0.29) is 5.91 Å². The highest BCUT2D eigenvalue weighted by Crippen LogP contribution is 2.23. The fraction of sp³-hybridized carbons (Fsp3) is 0.400. The molecule has 1 unspecified atom stereocenters. The van der Waals surface area contributed by atoms with Gasteiger partial charge in [0.2, 0.25) is 0 Å². The van der Waals surface area contributed by atoms with E-state index < -0.39 is 0 Å². The summed E-state index contributed by atoms with van der Waals surface area (Å²) < 4.78 is 5.23. The van der Waals surface area contributed by atoms with Crippen LogP contribution in [0.25, 0.3) is 0 Å². The van der Waals surface area contributed by atoms with Crippen molar-refractivity contribution in [2.24, 2.45) is 0 Å². The molecule has 0 aliphatic carbocycles. The molecule has 5 heteroatoms. The lowest BCUT2D eigenvalue weighted by molar-refractivity contribution is 0.0602. The van der Waals surface area contributed by atoms with Crippen LogP contribution in [0.5, 0.6) is 5.75 Å². The molecule has 1 atom stereocenters. The van der Waals surface area contributed by atoms with E-state index in [1.807, 2.05) is 35.2 Å². The van der Waals surface area contributed by atoms with E-state index >= 15 is 0 Å². The number of hydrogen-bond acceptors (Lipinski definition) is 4. The number of nitrogens with one attached hydrogen (secondary N) is 1. The van der Waals surface area contributed by atoms with Gasteiger partial charge in [-0.25, -0.2) is 4.98 Å². The maximum absolute atomic E-state index is 12.7. The van der Waals surface area contributed by atoms with Crippen LogP contribution in [0.3, 0.4) is 0 Å². The second-order valence-corrected chi connectivity index (χ2v) is 6.35. The molecule has 0 saturated carbocycles. The van der Waals surface area contributed by atoms with E-state index in [0.29, 0.717) is 11.7 Å². The summed E-state index contributed by atoms with van der Waals surface area (Å²) in [6.07, 6.45) is 6.09. The summed E-state index contributed by atoms with van der Waals surface area (Å²) in [6, 6.07) is 11.7. The molecule has 25 heavy (non-hydrogen) atoms. The zero-order valence-corrected chi connectivity index (χ0v) is 14.9. The van der Waals surface area contributed by atoms with Crippen molar-refractivity contribution < 1.29 is 9.53 Å². The van der Waals surface area contributed by atoms with E-state index in [9.17, 15) is 4.79 Å². The fourth-order valence-electron chi connectivity index (χ4n) is 3.30. The number of amides is 1. The van der Waals surface area contributed by atoms with Gasteiger partial charge >= 0.3 is 0 Å². The van der Waals surface area contributed by atoms with Crippen LogP contribution in [-0.2, 0) is 0 Å². The van der Waals surface area contributed by atoms with Crippen LogP contribution in [0.4, 0.5) is 11.4 Å². The van der Waals surface area contributed by atoms with Crippen molar-refractivity contribution in [1.82, 2.24) is 9.88 Å². The molecule has 5 nitrogen and oxygen atoms in total. The molecule has 1 aromatic heterocycles. The zero-order chi connectivity index (χ0) is 17.6. The summed E-state index contributed by atoms with van der Waals surface area (Å²) >= 11 is 0. The van der Waals surface area contributed by atoms with Crippen molar-refractivity contribution in [2.45, 2.75) is 38.6 Å². The topological polar surface area (TPSA) is 54.5 Å². The molecule has 2 heterocycles. The van der Waals surface area contributed by atoms with Gasteiger partial charge in [0.25, 0.3) is 5.91 Å². The van der Waals surface area contributed by atoms with Crippen LogP contribution in [0.1, 0.15) is 43.1 Å². The van der Waals surface area contributed by atoms with E-state index in [1.54, 1.807) is 19.4 Å². The predicted molar refractivity (Wildman–Crippen MR) is 99.5 cm³/mol. The number of anilines is 2. The number of carbonyl (C=O) groups is 1. The molecule has 132 valence electrons. The summed E-state index contributed by atoms with van der Waals surface area (Å²) in [5, 5.41) is 3.28. The second kappa shape index (κ2) is 8.01. The SMILES string of the molecule is CCC1CCCCN1C(=O)c1ccc(Nc2cccc(OC)c2)cn1. The number of rotatable bonds is 5. The van der Waals surface area contributed by atoms with Crippen LogP contribution >= 0.6 is 0 Å². The lowest BCUT2D eigenvalue weighted by Crippen LogP contribution is -2.43. The number of ether oxygens (including phenoxy) is 1. The normalized spacial score (nSPS) is 17.2. The van der Waals surface area contributed by atoms with Gasteiger partial charge in [-0.15, -0.1) is 0 Å². The van der Waals surface area contributed by atoms with Crippen molar-refractivity contribution in [1.29, 1.82) is 0 Å². The van der Waals surface area contributed by atoms with Crippen molar-refractivity contribution >= 4 is 17.3 Å². The first-order chi connectivity index (χ1) is 12.2. The van der Waals surface area contributed by atoms with Gasteiger partial charge < -0.3 is 15.0 Å². The smallest absolute Gasteiger partial charge is 0.272 e. The van der Waals surface area contributed by atoms with Crippen LogP contribution < -0.4 is 10.1 Å². The third kappa shape index (κ3) is 4.10. The lowest BCUT2D eigenvalue weighted by Gasteiger charge is -2.35. The summed E-state index contributed by atoms with van der Waals surface area (Å²) in [4.78, 5) is 19.1. The molecule has 3 rings (SSSR count). The minimum Gasteiger partial charge on any atom is -0.497 e. The summed E-state index contributed by atoms with van der Waals surface area (Å²) in [6.45, 7) is 2.98. The largest absolute Gasteiger partial charge is 0.497 e. The van der Waals surface area contributed by atoms with Gasteiger partial charge in [-0.05, 0) is 49.9 Å². The van der Waals surface area contributed by atoms with Gasteiger partial charge in [-0.2, -0.15) is 0 Å². The van der Waals surface area contributed by atoms with Gasteiger partial charge in [0.15, 0.2) is 0 Å². The number of carbonyl (C=O) groups excluding carboxylic acids is 1. The molecular weight excluding hydrogens is 314 g/mol. The lowest BCUT2D eigenvalue weighted by atomic mass is 9.99. The van der Waals surface area contributed by atoms with Gasteiger partial charge in [0, 0.05) is 24.3 Å². The maximum Gasteiger partial charge on any atom is 0.272 e. The molecule has 0 radical (unpaired) electrons. The second-order valence-electron chi connectivity index (χ2n) is 6.35. The molecule has 0 bridgehead atoms. The first-order valence-electron chi connectivity index (χ1n) is 8.89. The van der Waals surface area contributed by atoms with Crippen molar-refractivity contribution in [3.05, 3.63) is 48.3 Å². The standard InChI is InChI=1S/C20H25N3O2/c1-3-17-8-4-5-12-23(17)20(24)19-11-10-16(14-21-19)22-15-7-6-9-18(13-15)25-2/h6-7,9-11,13-14,17,22H,3-5,8,12H2,1-2H3. The fourth-order valence-corrected chi connectivity index (χ4v) is 3.30. The van der Waals surface area contributed by atoms with Crippen LogP contribution in [-0.4, -0.2) is 35.5 Å².